The standard InChI is InChI=1S/C15H24N2OS/c1-11(15(10-18)19-3)16-9-12-4-5-14-13(8-12)6-7-17(14)2/h4-5,8,11,15-16,18H,6-7,9-10H2,1-3H3. The third-order valence-electron chi connectivity index (χ3n) is 3.94. The summed E-state index contributed by atoms with van der Waals surface area (Å²) >= 11 is 1.71. The highest BCUT2D eigenvalue weighted by atomic mass is 32.2. The molecule has 2 atom stereocenters. The topological polar surface area (TPSA) is 35.5 Å². The first kappa shape index (κ1) is 14.7. The van der Waals surface area contributed by atoms with Crippen LogP contribution in [0.5, 0.6) is 0 Å². The molecule has 2 rings (SSSR count). The van der Waals surface area contributed by atoms with E-state index < -0.39 is 0 Å². The van der Waals surface area contributed by atoms with Gasteiger partial charge >= 0.3 is 0 Å². The molecule has 2 unspecified atom stereocenters. The monoisotopic (exact) mass is 280 g/mol. The molecule has 1 heterocycles. The van der Waals surface area contributed by atoms with Gasteiger partial charge in [0.25, 0.3) is 0 Å². The first-order valence-electron chi connectivity index (χ1n) is 6.85. The number of rotatable bonds is 6. The van der Waals surface area contributed by atoms with Crippen LogP contribution in [0.1, 0.15) is 18.1 Å². The van der Waals surface area contributed by atoms with Crippen LogP contribution in [0.25, 0.3) is 0 Å². The number of nitrogens with zero attached hydrogens (tertiary/aromatic N) is 1. The van der Waals surface area contributed by atoms with Crippen LogP contribution in [0.3, 0.4) is 0 Å². The van der Waals surface area contributed by atoms with E-state index in [-0.39, 0.29) is 11.9 Å². The summed E-state index contributed by atoms with van der Waals surface area (Å²) in [6.45, 7) is 4.36. The first-order valence-corrected chi connectivity index (χ1v) is 8.14. The predicted octanol–water partition coefficient (Wildman–Crippen LogP) is 1.88. The minimum Gasteiger partial charge on any atom is -0.395 e. The zero-order valence-electron chi connectivity index (χ0n) is 12.0. The average Bonchev–Trinajstić information content (AvgIpc) is 2.79. The van der Waals surface area contributed by atoms with Crippen molar-refractivity contribution in [3.63, 3.8) is 0 Å². The van der Waals surface area contributed by atoms with Gasteiger partial charge in [0.15, 0.2) is 0 Å². The molecule has 1 aromatic rings. The Morgan fingerprint density at radius 3 is 2.95 bits per heavy atom. The van der Waals surface area contributed by atoms with Gasteiger partial charge in [-0.05, 0) is 36.8 Å². The SMILES string of the molecule is CSC(CO)C(C)NCc1ccc2c(c1)CCN2C. The van der Waals surface area contributed by atoms with Gasteiger partial charge < -0.3 is 15.3 Å². The van der Waals surface area contributed by atoms with E-state index in [9.17, 15) is 5.11 Å². The van der Waals surface area contributed by atoms with Crippen molar-refractivity contribution in [2.75, 3.05) is 31.4 Å². The summed E-state index contributed by atoms with van der Waals surface area (Å²) in [7, 11) is 2.15. The number of anilines is 1. The number of aliphatic hydroxyl groups is 1. The van der Waals surface area contributed by atoms with E-state index in [2.05, 4.69) is 42.4 Å². The smallest absolute Gasteiger partial charge is 0.0564 e. The molecule has 0 aromatic heterocycles. The van der Waals surface area contributed by atoms with Crippen molar-refractivity contribution >= 4 is 17.4 Å². The van der Waals surface area contributed by atoms with Crippen LogP contribution in [0.15, 0.2) is 18.2 Å². The maximum absolute atomic E-state index is 9.28. The zero-order valence-corrected chi connectivity index (χ0v) is 12.8. The number of aliphatic hydroxyl groups excluding tert-OH is 1. The van der Waals surface area contributed by atoms with Gasteiger partial charge in [0.05, 0.1) is 6.61 Å². The molecule has 2 N–H and O–H groups in total. The Balaban J connectivity index is 1.94. The molecule has 1 aliphatic heterocycles. The van der Waals surface area contributed by atoms with Crippen LogP contribution in [0, 0.1) is 0 Å². The molecule has 19 heavy (non-hydrogen) atoms. The Kier molecular flexibility index (Phi) is 5.13. The number of hydrogen-bond donors (Lipinski definition) is 2. The van der Waals surface area contributed by atoms with E-state index in [1.807, 2.05) is 6.26 Å². The van der Waals surface area contributed by atoms with Crippen molar-refractivity contribution in [3.8, 4) is 0 Å². The van der Waals surface area contributed by atoms with E-state index >= 15 is 0 Å². The fraction of sp³-hybridized carbons (Fsp3) is 0.600. The largest absolute Gasteiger partial charge is 0.395 e. The molecule has 0 saturated heterocycles. The Hall–Kier alpha value is -0.710. The van der Waals surface area contributed by atoms with Crippen molar-refractivity contribution in [2.45, 2.75) is 31.2 Å². The van der Waals surface area contributed by atoms with Crippen molar-refractivity contribution in [1.29, 1.82) is 0 Å². The summed E-state index contributed by atoms with van der Waals surface area (Å²) in [4.78, 5) is 2.31. The quantitative estimate of drug-likeness (QED) is 0.834. The van der Waals surface area contributed by atoms with Gasteiger partial charge in [-0.1, -0.05) is 12.1 Å². The molecular formula is C15H24N2OS. The number of fused-ring (bicyclic) bond motifs is 1. The molecule has 0 aliphatic carbocycles. The molecule has 3 nitrogen and oxygen atoms in total. The van der Waals surface area contributed by atoms with E-state index in [0.29, 0.717) is 6.04 Å². The second kappa shape index (κ2) is 6.64. The molecule has 0 saturated carbocycles. The van der Waals surface area contributed by atoms with Gasteiger partial charge in [0.2, 0.25) is 0 Å². The van der Waals surface area contributed by atoms with Gasteiger partial charge in [0, 0.05) is 37.1 Å². The normalized spacial score (nSPS) is 17.4. The molecule has 0 bridgehead atoms. The lowest BCUT2D eigenvalue weighted by Gasteiger charge is -2.21. The maximum Gasteiger partial charge on any atom is 0.0564 e. The fourth-order valence-electron chi connectivity index (χ4n) is 2.58. The van der Waals surface area contributed by atoms with Crippen LogP contribution in [0.2, 0.25) is 0 Å². The highest BCUT2D eigenvalue weighted by molar-refractivity contribution is 7.99. The van der Waals surface area contributed by atoms with Gasteiger partial charge in [-0.25, -0.2) is 0 Å². The van der Waals surface area contributed by atoms with E-state index in [4.69, 9.17) is 0 Å². The zero-order chi connectivity index (χ0) is 13.8. The van der Waals surface area contributed by atoms with E-state index in [1.54, 1.807) is 11.8 Å². The van der Waals surface area contributed by atoms with Gasteiger partial charge in [-0.15, -0.1) is 0 Å². The highest BCUT2D eigenvalue weighted by Crippen LogP contribution is 2.27. The van der Waals surface area contributed by atoms with Gasteiger partial charge in [-0.3, -0.25) is 0 Å². The maximum atomic E-state index is 9.28. The Morgan fingerprint density at radius 1 is 1.47 bits per heavy atom. The van der Waals surface area contributed by atoms with E-state index in [1.165, 1.54) is 16.8 Å². The summed E-state index contributed by atoms with van der Waals surface area (Å²) < 4.78 is 0. The number of likely N-dealkylation sites (N-methyl/N-ethyl adjacent to an activating group) is 1. The molecule has 106 valence electrons. The highest BCUT2D eigenvalue weighted by Gasteiger charge is 2.17. The fourth-order valence-corrected chi connectivity index (χ4v) is 3.23. The Labute approximate surface area is 120 Å². The van der Waals surface area contributed by atoms with Crippen LogP contribution in [-0.2, 0) is 13.0 Å². The van der Waals surface area contributed by atoms with Gasteiger partial charge in [-0.2, -0.15) is 11.8 Å². The number of benzene rings is 1. The second-order valence-electron chi connectivity index (χ2n) is 5.26. The summed E-state index contributed by atoms with van der Waals surface area (Å²) in [6.07, 6.45) is 3.20. The third-order valence-corrected chi connectivity index (χ3v) is 5.10. The lowest BCUT2D eigenvalue weighted by atomic mass is 10.1. The van der Waals surface area contributed by atoms with Crippen molar-refractivity contribution in [1.82, 2.24) is 5.32 Å². The molecule has 1 aliphatic rings. The molecular weight excluding hydrogens is 256 g/mol. The molecule has 4 heteroatoms. The first-order chi connectivity index (χ1) is 9.15. The number of hydrogen-bond acceptors (Lipinski definition) is 4. The summed E-state index contributed by atoms with van der Waals surface area (Å²) in [6, 6.07) is 7.05. The number of nitrogens with one attached hydrogen (secondary N) is 1. The molecule has 0 amide bonds. The minimum atomic E-state index is 0.227. The lowest BCUT2D eigenvalue weighted by molar-refractivity contribution is 0.276. The Bertz CT molecular complexity index is 421. The molecule has 1 aromatic carbocycles. The summed E-state index contributed by atoms with van der Waals surface area (Å²) in [5, 5.41) is 13.1. The third kappa shape index (κ3) is 3.44. The van der Waals surface area contributed by atoms with Crippen LogP contribution in [-0.4, -0.2) is 42.9 Å². The number of thioether (sulfide) groups is 1. The van der Waals surface area contributed by atoms with E-state index in [0.717, 1.165) is 19.5 Å². The van der Waals surface area contributed by atoms with Crippen LogP contribution in [0.4, 0.5) is 5.69 Å². The average molecular weight is 280 g/mol. The van der Waals surface area contributed by atoms with Crippen LogP contribution < -0.4 is 10.2 Å². The van der Waals surface area contributed by atoms with Crippen molar-refractivity contribution in [2.24, 2.45) is 0 Å². The molecule has 0 fully saturated rings. The van der Waals surface area contributed by atoms with Crippen LogP contribution >= 0.6 is 11.8 Å². The van der Waals surface area contributed by atoms with Gasteiger partial charge in [0.1, 0.15) is 0 Å². The van der Waals surface area contributed by atoms with Crippen molar-refractivity contribution in [3.05, 3.63) is 29.3 Å². The summed E-state index contributed by atoms with van der Waals surface area (Å²) in [5.74, 6) is 0. The molecule has 0 radical (unpaired) electrons. The minimum absolute atomic E-state index is 0.227. The predicted molar refractivity (Wildman–Crippen MR) is 84.1 cm³/mol. The lowest BCUT2D eigenvalue weighted by Crippen LogP contribution is -2.37. The Morgan fingerprint density at radius 2 is 2.26 bits per heavy atom. The summed E-state index contributed by atoms with van der Waals surface area (Å²) in [5.41, 5.74) is 4.16. The van der Waals surface area contributed by atoms with Crippen molar-refractivity contribution < 1.29 is 5.11 Å². The molecule has 0 spiro atoms. The second-order valence-corrected chi connectivity index (χ2v) is 6.34.